The van der Waals surface area contributed by atoms with Gasteiger partial charge < -0.3 is 9.88 Å². The number of hydrogen-bond donors (Lipinski definition) is 1. The second-order valence-electron chi connectivity index (χ2n) is 3.96. The van der Waals surface area contributed by atoms with Gasteiger partial charge in [-0.05, 0) is 24.6 Å². The number of aryl methyl sites for hydroxylation is 1. The van der Waals surface area contributed by atoms with Gasteiger partial charge in [0.1, 0.15) is 5.82 Å². The monoisotopic (exact) mass is 234 g/mol. The van der Waals surface area contributed by atoms with Crippen molar-refractivity contribution in [2.45, 2.75) is 19.4 Å². The molecule has 0 atom stereocenters. The molecule has 4 heteroatoms. The molecule has 0 saturated heterocycles. The molecular weight excluding hydrogens is 219 g/mol. The summed E-state index contributed by atoms with van der Waals surface area (Å²) in [5.41, 5.74) is 0.877. The van der Waals surface area contributed by atoms with Gasteiger partial charge in [-0.3, -0.25) is 4.79 Å². The maximum absolute atomic E-state index is 13.4. The molecule has 0 aliphatic carbocycles. The fourth-order valence-electron chi connectivity index (χ4n) is 1.92. The van der Waals surface area contributed by atoms with E-state index in [1.807, 2.05) is 16.8 Å². The minimum Gasteiger partial charge on any atom is -0.359 e. The van der Waals surface area contributed by atoms with Gasteiger partial charge in [0.15, 0.2) is 0 Å². The molecule has 3 nitrogen and oxygen atoms in total. The van der Waals surface area contributed by atoms with Gasteiger partial charge in [-0.15, -0.1) is 0 Å². The van der Waals surface area contributed by atoms with Crippen LogP contribution in [0.5, 0.6) is 0 Å². The van der Waals surface area contributed by atoms with Gasteiger partial charge in [0, 0.05) is 31.6 Å². The Hall–Kier alpha value is -1.84. The first kappa shape index (κ1) is 11.6. The van der Waals surface area contributed by atoms with Crippen molar-refractivity contribution in [1.82, 2.24) is 9.88 Å². The molecule has 0 radical (unpaired) electrons. The predicted octanol–water partition coefficient (Wildman–Crippen LogP) is 2.31. The van der Waals surface area contributed by atoms with Crippen LogP contribution in [0.3, 0.4) is 0 Å². The highest BCUT2D eigenvalue weighted by Gasteiger charge is 2.05. The van der Waals surface area contributed by atoms with E-state index >= 15 is 0 Å². The summed E-state index contributed by atoms with van der Waals surface area (Å²) in [6.07, 6.45) is 3.10. The fraction of sp³-hybridized carbons (Fsp3) is 0.308. The number of nitrogens with one attached hydrogen (secondary N) is 1. The van der Waals surface area contributed by atoms with Crippen molar-refractivity contribution in [3.05, 3.63) is 36.3 Å². The lowest BCUT2D eigenvalue weighted by Crippen LogP contribution is -2.17. The summed E-state index contributed by atoms with van der Waals surface area (Å²) < 4.78 is 15.4. The molecule has 2 rings (SSSR count). The smallest absolute Gasteiger partial charge is 0.219 e. The van der Waals surface area contributed by atoms with Crippen LogP contribution in [-0.4, -0.2) is 17.5 Å². The molecule has 1 aromatic carbocycles. The molecule has 0 fully saturated rings. The maximum Gasteiger partial charge on any atom is 0.219 e. The van der Waals surface area contributed by atoms with Crippen molar-refractivity contribution in [2.75, 3.05) is 7.05 Å². The van der Waals surface area contributed by atoms with E-state index in [2.05, 4.69) is 5.32 Å². The van der Waals surface area contributed by atoms with E-state index < -0.39 is 0 Å². The highest BCUT2D eigenvalue weighted by molar-refractivity contribution is 5.80. The lowest BCUT2D eigenvalue weighted by molar-refractivity contribution is -0.120. The number of carbonyl (C=O) groups is 1. The lowest BCUT2D eigenvalue weighted by atomic mass is 10.2. The molecule has 2 aromatic rings. The third-order valence-electron chi connectivity index (χ3n) is 2.84. The topological polar surface area (TPSA) is 34.0 Å². The molecule has 17 heavy (non-hydrogen) atoms. The van der Waals surface area contributed by atoms with Crippen LogP contribution in [0.1, 0.15) is 12.8 Å². The maximum atomic E-state index is 13.4. The number of aromatic nitrogens is 1. The van der Waals surface area contributed by atoms with Crippen LogP contribution < -0.4 is 5.32 Å². The fourth-order valence-corrected chi connectivity index (χ4v) is 1.92. The Balaban J connectivity index is 2.09. The molecule has 0 saturated carbocycles. The minimum atomic E-state index is -0.201. The van der Waals surface area contributed by atoms with Crippen molar-refractivity contribution < 1.29 is 9.18 Å². The molecular formula is C13H15FN2O. The Morgan fingerprint density at radius 3 is 3.00 bits per heavy atom. The van der Waals surface area contributed by atoms with Gasteiger partial charge in [0.2, 0.25) is 5.91 Å². The summed E-state index contributed by atoms with van der Waals surface area (Å²) in [5.74, 6) is -0.166. The van der Waals surface area contributed by atoms with E-state index in [0.29, 0.717) is 11.8 Å². The molecule has 1 amide bonds. The molecule has 1 aromatic heterocycles. The molecule has 90 valence electrons. The first-order valence-corrected chi connectivity index (χ1v) is 5.66. The van der Waals surface area contributed by atoms with Gasteiger partial charge in [0.25, 0.3) is 0 Å². The van der Waals surface area contributed by atoms with E-state index in [1.54, 1.807) is 19.2 Å². The highest BCUT2D eigenvalue weighted by atomic mass is 19.1. The number of carbonyl (C=O) groups excluding carboxylic acids is 1. The average molecular weight is 234 g/mol. The zero-order valence-electron chi connectivity index (χ0n) is 9.74. The predicted molar refractivity (Wildman–Crippen MR) is 65.2 cm³/mol. The molecule has 0 aliphatic rings. The summed E-state index contributed by atoms with van der Waals surface area (Å²) in [7, 11) is 1.63. The summed E-state index contributed by atoms with van der Waals surface area (Å²) in [6, 6.07) is 6.81. The quantitative estimate of drug-likeness (QED) is 0.865. The van der Waals surface area contributed by atoms with Crippen molar-refractivity contribution in [2.24, 2.45) is 0 Å². The SMILES string of the molecule is CNC(=O)CCCn1ccc2c(F)cccc21. The number of fused-ring (bicyclic) bond motifs is 1. The van der Waals surface area contributed by atoms with Crippen LogP contribution in [0.2, 0.25) is 0 Å². The van der Waals surface area contributed by atoms with E-state index in [4.69, 9.17) is 0 Å². The Morgan fingerprint density at radius 2 is 2.24 bits per heavy atom. The van der Waals surface area contributed by atoms with Crippen molar-refractivity contribution >= 4 is 16.8 Å². The van der Waals surface area contributed by atoms with E-state index in [0.717, 1.165) is 18.5 Å². The second kappa shape index (κ2) is 4.99. The van der Waals surface area contributed by atoms with Gasteiger partial charge in [0.05, 0.1) is 5.52 Å². The van der Waals surface area contributed by atoms with Crippen LogP contribution in [0.4, 0.5) is 4.39 Å². The molecule has 1 heterocycles. The molecule has 0 unspecified atom stereocenters. The number of hydrogen-bond acceptors (Lipinski definition) is 1. The molecule has 0 spiro atoms. The van der Waals surface area contributed by atoms with Crippen LogP contribution in [0, 0.1) is 5.82 Å². The molecule has 0 bridgehead atoms. The first-order valence-electron chi connectivity index (χ1n) is 5.66. The summed E-state index contributed by atoms with van der Waals surface area (Å²) in [6.45, 7) is 0.723. The minimum absolute atomic E-state index is 0.0349. The van der Waals surface area contributed by atoms with E-state index in [-0.39, 0.29) is 11.7 Å². The van der Waals surface area contributed by atoms with Crippen LogP contribution in [0.15, 0.2) is 30.5 Å². The Kier molecular flexibility index (Phi) is 3.42. The van der Waals surface area contributed by atoms with Crippen molar-refractivity contribution in [3.63, 3.8) is 0 Å². The zero-order chi connectivity index (χ0) is 12.3. The van der Waals surface area contributed by atoms with Gasteiger partial charge in [-0.1, -0.05) is 6.07 Å². The Labute approximate surface area is 99.2 Å². The second-order valence-corrected chi connectivity index (χ2v) is 3.96. The number of nitrogens with zero attached hydrogens (tertiary/aromatic N) is 1. The van der Waals surface area contributed by atoms with E-state index in [1.165, 1.54) is 6.07 Å². The Morgan fingerprint density at radius 1 is 1.41 bits per heavy atom. The number of halogens is 1. The Bertz CT molecular complexity index is 533. The summed E-state index contributed by atoms with van der Waals surface area (Å²) in [4.78, 5) is 11.1. The molecule has 0 aliphatic heterocycles. The number of amides is 1. The summed E-state index contributed by atoms with van der Waals surface area (Å²) >= 11 is 0. The zero-order valence-corrected chi connectivity index (χ0v) is 9.74. The van der Waals surface area contributed by atoms with Gasteiger partial charge >= 0.3 is 0 Å². The van der Waals surface area contributed by atoms with Crippen LogP contribution >= 0.6 is 0 Å². The largest absolute Gasteiger partial charge is 0.359 e. The lowest BCUT2D eigenvalue weighted by Gasteiger charge is -2.05. The third kappa shape index (κ3) is 2.46. The van der Waals surface area contributed by atoms with Gasteiger partial charge in [-0.2, -0.15) is 0 Å². The van der Waals surface area contributed by atoms with Gasteiger partial charge in [-0.25, -0.2) is 4.39 Å². The number of benzene rings is 1. The van der Waals surface area contributed by atoms with E-state index in [9.17, 15) is 9.18 Å². The molecule has 1 N–H and O–H groups in total. The summed E-state index contributed by atoms with van der Waals surface area (Å²) in [5, 5.41) is 3.22. The third-order valence-corrected chi connectivity index (χ3v) is 2.84. The first-order chi connectivity index (χ1) is 8.22. The average Bonchev–Trinajstić information content (AvgIpc) is 2.74. The van der Waals surface area contributed by atoms with Crippen LogP contribution in [0.25, 0.3) is 10.9 Å². The standard InChI is InChI=1S/C13H15FN2O/c1-15-13(17)6-3-8-16-9-7-10-11(14)4-2-5-12(10)16/h2,4-5,7,9H,3,6,8H2,1H3,(H,15,17). The highest BCUT2D eigenvalue weighted by Crippen LogP contribution is 2.19. The van der Waals surface area contributed by atoms with Crippen LogP contribution in [-0.2, 0) is 11.3 Å². The van der Waals surface area contributed by atoms with Crippen molar-refractivity contribution in [3.8, 4) is 0 Å². The van der Waals surface area contributed by atoms with Crippen molar-refractivity contribution in [1.29, 1.82) is 0 Å². The number of rotatable bonds is 4. The normalized spacial score (nSPS) is 10.7.